The minimum atomic E-state index is -2.04. The van der Waals surface area contributed by atoms with Crippen molar-refractivity contribution in [2.75, 3.05) is 20.3 Å². The third-order valence-corrected chi connectivity index (χ3v) is 8.01. The Morgan fingerprint density at radius 1 is 0.727 bits per heavy atom. The van der Waals surface area contributed by atoms with Gasteiger partial charge in [-0.25, -0.2) is 0 Å². The molecular weight excluding hydrogens is 592 g/mol. The molecule has 0 unspecified atom stereocenters. The molecule has 2 aliphatic rings. The van der Waals surface area contributed by atoms with E-state index in [2.05, 4.69) is 0 Å². The van der Waals surface area contributed by atoms with Crippen LogP contribution in [0.15, 0.2) is 33.5 Å². The zero-order valence-corrected chi connectivity index (χ0v) is 23.0. The molecule has 0 saturated carbocycles. The van der Waals surface area contributed by atoms with Crippen LogP contribution in [0, 0.1) is 0 Å². The molecule has 1 aromatic heterocycles. The standard InChI is InChI=1S/C28H32O16/c1-41-11-3-2-8(4-9(11)31)12-5-10(32)15-20(35)16(27-24(39)22(37)18(33)13(6-29)43-27)21(36)17(26(15)42-12)28-25(40)23(38)19(34)14(7-30)44-28/h2-5,13-14,18-19,22-25,27-31,33-40H,6-7H2,1H3/t13-,14-,18-,19-,22+,23+,24-,25-,27+,28+/m1/s1. The second-order valence-corrected chi connectivity index (χ2v) is 10.6. The summed E-state index contributed by atoms with van der Waals surface area (Å²) in [5, 5.41) is 115. The summed E-state index contributed by atoms with van der Waals surface area (Å²) >= 11 is 0. The van der Waals surface area contributed by atoms with E-state index in [4.69, 9.17) is 18.6 Å². The van der Waals surface area contributed by atoms with Crippen molar-refractivity contribution >= 4 is 11.0 Å². The first-order valence-corrected chi connectivity index (χ1v) is 13.4. The predicted octanol–water partition coefficient (Wildman–Crippen LogP) is -2.38. The van der Waals surface area contributed by atoms with Crippen LogP contribution in [0.5, 0.6) is 23.0 Å². The number of aromatic hydroxyl groups is 3. The molecule has 5 rings (SSSR count). The van der Waals surface area contributed by atoms with E-state index >= 15 is 0 Å². The molecule has 3 heterocycles. The molecule has 0 spiro atoms. The smallest absolute Gasteiger partial charge is 0.197 e. The Morgan fingerprint density at radius 3 is 1.77 bits per heavy atom. The first kappa shape index (κ1) is 31.9. The molecule has 2 saturated heterocycles. The van der Waals surface area contributed by atoms with Crippen LogP contribution in [-0.4, -0.2) is 125 Å². The maximum atomic E-state index is 13.6. The van der Waals surface area contributed by atoms with Gasteiger partial charge >= 0.3 is 0 Å². The Balaban J connectivity index is 1.82. The van der Waals surface area contributed by atoms with E-state index in [1.54, 1.807) is 0 Å². The number of phenols is 3. The van der Waals surface area contributed by atoms with Gasteiger partial charge < -0.3 is 74.8 Å². The minimum absolute atomic E-state index is 0.0957. The number of hydrogen-bond acceptors (Lipinski definition) is 16. The number of rotatable bonds is 6. The number of benzene rings is 2. The van der Waals surface area contributed by atoms with Crippen molar-refractivity contribution in [2.24, 2.45) is 0 Å². The number of methoxy groups -OCH3 is 1. The summed E-state index contributed by atoms with van der Waals surface area (Å²) in [4.78, 5) is 13.6. The molecule has 10 atom stereocenters. The number of phenolic OH excluding ortho intramolecular Hbond substituents is 3. The van der Waals surface area contributed by atoms with Crippen molar-refractivity contribution < 1.29 is 74.8 Å². The lowest BCUT2D eigenvalue weighted by Crippen LogP contribution is -2.55. The van der Waals surface area contributed by atoms with Crippen molar-refractivity contribution in [3.05, 3.63) is 45.6 Å². The Labute approximate surface area is 247 Å². The molecule has 2 fully saturated rings. The highest BCUT2D eigenvalue weighted by Crippen LogP contribution is 2.51. The maximum absolute atomic E-state index is 13.6. The lowest BCUT2D eigenvalue weighted by Gasteiger charge is -2.42. The highest BCUT2D eigenvalue weighted by Gasteiger charge is 2.50. The largest absolute Gasteiger partial charge is 0.507 e. The number of aliphatic hydroxyl groups is 8. The summed E-state index contributed by atoms with van der Waals surface area (Å²) in [7, 11) is 1.32. The third-order valence-electron chi connectivity index (χ3n) is 8.01. The molecule has 0 radical (unpaired) electrons. The molecule has 3 aromatic rings. The van der Waals surface area contributed by atoms with Crippen LogP contribution in [0.3, 0.4) is 0 Å². The van der Waals surface area contributed by atoms with Gasteiger partial charge in [0.05, 0.1) is 31.5 Å². The van der Waals surface area contributed by atoms with E-state index < -0.39 is 113 Å². The van der Waals surface area contributed by atoms with Crippen LogP contribution in [-0.2, 0) is 9.47 Å². The van der Waals surface area contributed by atoms with Gasteiger partial charge in [-0.1, -0.05) is 0 Å². The van der Waals surface area contributed by atoms with Crippen molar-refractivity contribution in [3.8, 4) is 34.3 Å². The van der Waals surface area contributed by atoms with Gasteiger partial charge in [-0.15, -0.1) is 0 Å². The minimum Gasteiger partial charge on any atom is -0.507 e. The van der Waals surface area contributed by atoms with Crippen LogP contribution in [0.1, 0.15) is 23.3 Å². The Kier molecular flexibility index (Phi) is 8.76. The molecule has 16 nitrogen and oxygen atoms in total. The first-order valence-electron chi connectivity index (χ1n) is 13.4. The summed E-state index contributed by atoms with van der Waals surface area (Å²) < 4.78 is 22.1. The normalized spacial score (nSPS) is 32.6. The number of ether oxygens (including phenoxy) is 3. The highest BCUT2D eigenvalue weighted by molar-refractivity contribution is 5.92. The van der Waals surface area contributed by atoms with Gasteiger partial charge in [0, 0.05) is 11.6 Å². The Bertz CT molecular complexity index is 1580. The quantitative estimate of drug-likeness (QED) is 0.136. The predicted molar refractivity (Wildman–Crippen MR) is 145 cm³/mol. The number of aliphatic hydroxyl groups excluding tert-OH is 8. The molecule has 16 heteroatoms. The van der Waals surface area contributed by atoms with Gasteiger partial charge in [-0.05, 0) is 18.2 Å². The summed E-state index contributed by atoms with van der Waals surface area (Å²) in [6.45, 7) is -1.73. The van der Waals surface area contributed by atoms with Crippen LogP contribution >= 0.6 is 0 Å². The fourth-order valence-electron chi connectivity index (χ4n) is 5.61. The zero-order valence-electron chi connectivity index (χ0n) is 23.0. The fraction of sp³-hybridized carbons (Fsp3) is 0.464. The molecule has 0 bridgehead atoms. The van der Waals surface area contributed by atoms with Crippen LogP contribution in [0.4, 0.5) is 0 Å². The van der Waals surface area contributed by atoms with Gasteiger partial charge in [0.25, 0.3) is 0 Å². The Morgan fingerprint density at radius 2 is 1.27 bits per heavy atom. The summed E-state index contributed by atoms with van der Waals surface area (Å²) in [5.41, 5.74) is -2.76. The summed E-state index contributed by atoms with van der Waals surface area (Å²) in [6.07, 6.45) is -18.4. The van der Waals surface area contributed by atoms with E-state index in [1.807, 2.05) is 0 Å². The van der Waals surface area contributed by atoms with Gasteiger partial charge in [0.2, 0.25) is 0 Å². The van der Waals surface area contributed by atoms with Crippen molar-refractivity contribution in [1.82, 2.24) is 0 Å². The summed E-state index contributed by atoms with van der Waals surface area (Å²) in [5.74, 6) is -2.48. The second kappa shape index (κ2) is 12.1. The van der Waals surface area contributed by atoms with E-state index in [9.17, 15) is 61.0 Å². The van der Waals surface area contributed by atoms with Crippen molar-refractivity contribution in [3.63, 3.8) is 0 Å². The SMILES string of the molecule is COc1ccc(-c2cc(=O)c3c(O)c([C@@H]4O[C@H](CO)[C@@H](O)[C@H](O)[C@H]4O)c(O)c([C@@H]4O[C@H](CO)[C@@H](O)[C@H](O)[C@H]4O)c3o2)cc1O. The molecule has 240 valence electrons. The van der Waals surface area contributed by atoms with Gasteiger partial charge in [-0.2, -0.15) is 0 Å². The van der Waals surface area contributed by atoms with Crippen molar-refractivity contribution in [1.29, 1.82) is 0 Å². The van der Waals surface area contributed by atoms with Gasteiger partial charge in [0.15, 0.2) is 22.5 Å². The van der Waals surface area contributed by atoms with Crippen LogP contribution in [0.25, 0.3) is 22.3 Å². The fourth-order valence-corrected chi connectivity index (χ4v) is 5.61. The Hall–Kier alpha value is -3.55. The molecule has 0 amide bonds. The van der Waals surface area contributed by atoms with Crippen molar-refractivity contribution in [2.45, 2.75) is 61.0 Å². The van der Waals surface area contributed by atoms with E-state index in [0.717, 1.165) is 6.07 Å². The molecule has 2 aliphatic heterocycles. The average molecular weight is 625 g/mol. The molecule has 0 aliphatic carbocycles. The number of hydrogen-bond donors (Lipinski definition) is 11. The first-order chi connectivity index (χ1) is 20.9. The van der Waals surface area contributed by atoms with Crippen LogP contribution in [0.2, 0.25) is 0 Å². The lowest BCUT2D eigenvalue weighted by atomic mass is 9.85. The topological polar surface area (TPSA) is 280 Å². The summed E-state index contributed by atoms with van der Waals surface area (Å²) in [6, 6.07) is 4.90. The maximum Gasteiger partial charge on any atom is 0.197 e. The van der Waals surface area contributed by atoms with Gasteiger partial charge in [-0.3, -0.25) is 4.79 Å². The molecule has 11 N–H and O–H groups in total. The second-order valence-electron chi connectivity index (χ2n) is 10.6. The van der Waals surface area contributed by atoms with E-state index in [-0.39, 0.29) is 22.8 Å². The number of fused-ring (bicyclic) bond motifs is 1. The average Bonchev–Trinajstić information content (AvgIpc) is 3.00. The third kappa shape index (κ3) is 5.04. The van der Waals surface area contributed by atoms with E-state index in [1.165, 1.54) is 25.3 Å². The zero-order chi connectivity index (χ0) is 32.2. The van der Waals surface area contributed by atoms with Gasteiger partial charge in [0.1, 0.15) is 83.7 Å². The lowest BCUT2D eigenvalue weighted by molar-refractivity contribution is -0.234. The highest BCUT2D eigenvalue weighted by atomic mass is 16.6. The molecule has 2 aromatic carbocycles. The monoisotopic (exact) mass is 624 g/mol. The van der Waals surface area contributed by atoms with Crippen LogP contribution < -0.4 is 10.2 Å². The molecular formula is C28H32O16. The van der Waals surface area contributed by atoms with E-state index in [0.29, 0.717) is 0 Å². The molecule has 44 heavy (non-hydrogen) atoms.